The number of hydrogen-bond acceptors (Lipinski definition) is 5. The van der Waals surface area contributed by atoms with Gasteiger partial charge >= 0.3 is 0 Å². The van der Waals surface area contributed by atoms with Crippen LogP contribution in [-0.4, -0.2) is 43.7 Å². The van der Waals surface area contributed by atoms with E-state index in [-0.39, 0.29) is 23.4 Å². The number of aryl methyl sites for hydroxylation is 1. The maximum Gasteiger partial charge on any atom is 0.292 e. The smallest absolute Gasteiger partial charge is 0.292 e. The fraction of sp³-hybridized carbons (Fsp3) is 0.273. The maximum atomic E-state index is 13.6. The summed E-state index contributed by atoms with van der Waals surface area (Å²) in [5, 5.41) is 8.46. The average Bonchev–Trinajstić information content (AvgIpc) is 3.39. The van der Waals surface area contributed by atoms with Gasteiger partial charge in [0.2, 0.25) is 5.76 Å². The Morgan fingerprint density at radius 1 is 1.20 bits per heavy atom. The molecule has 0 unspecified atom stereocenters. The van der Waals surface area contributed by atoms with Crippen molar-refractivity contribution in [2.24, 2.45) is 0 Å². The van der Waals surface area contributed by atoms with Crippen LogP contribution >= 0.6 is 0 Å². The van der Waals surface area contributed by atoms with Crippen LogP contribution in [0.3, 0.4) is 0 Å². The Bertz CT molecular complexity index is 1230. The Kier molecular flexibility index (Phi) is 4.54. The van der Waals surface area contributed by atoms with Crippen molar-refractivity contribution in [2.75, 3.05) is 13.1 Å². The van der Waals surface area contributed by atoms with Crippen molar-refractivity contribution in [3.63, 3.8) is 0 Å². The summed E-state index contributed by atoms with van der Waals surface area (Å²) in [5.41, 5.74) is 3.05. The highest BCUT2D eigenvalue weighted by atomic mass is 19.1. The monoisotopic (exact) mass is 405 g/mol. The Morgan fingerprint density at radius 3 is 2.90 bits per heavy atom. The molecule has 1 aliphatic rings. The number of piperidine rings is 1. The molecule has 5 rings (SSSR count). The summed E-state index contributed by atoms with van der Waals surface area (Å²) < 4.78 is 20.4. The first-order valence-electron chi connectivity index (χ1n) is 9.92. The molecular weight excluding hydrogens is 385 g/mol. The summed E-state index contributed by atoms with van der Waals surface area (Å²) in [7, 11) is 0. The number of hydrogen-bond donors (Lipinski definition) is 0. The van der Waals surface area contributed by atoms with Crippen LogP contribution in [0.1, 0.15) is 40.8 Å². The molecule has 0 saturated carbocycles. The van der Waals surface area contributed by atoms with E-state index in [2.05, 4.69) is 15.2 Å². The molecule has 1 saturated heterocycles. The first-order chi connectivity index (χ1) is 14.6. The third-order valence-electron chi connectivity index (χ3n) is 5.42. The first-order valence-corrected chi connectivity index (χ1v) is 9.92. The van der Waals surface area contributed by atoms with Crippen LogP contribution in [0.5, 0.6) is 0 Å². The molecule has 30 heavy (non-hydrogen) atoms. The number of amides is 1. The van der Waals surface area contributed by atoms with Gasteiger partial charge in [0.25, 0.3) is 5.91 Å². The van der Waals surface area contributed by atoms with Crippen LogP contribution in [0.15, 0.2) is 53.2 Å². The molecule has 1 aliphatic heterocycles. The molecule has 152 valence electrons. The minimum absolute atomic E-state index is 0.0456. The normalized spacial score (nSPS) is 16.9. The highest BCUT2D eigenvalue weighted by molar-refractivity contribution is 5.91. The predicted molar refractivity (Wildman–Crippen MR) is 107 cm³/mol. The first kappa shape index (κ1) is 18.5. The minimum Gasteiger partial charge on any atom is -0.351 e. The van der Waals surface area contributed by atoms with Crippen molar-refractivity contribution in [1.82, 2.24) is 24.7 Å². The average molecular weight is 405 g/mol. The SMILES string of the molecule is Cc1cc(C(=O)N2CCC[C@H](c3nc4ccc(-c5cccc(F)c5)cn4n3)C2)on1. The van der Waals surface area contributed by atoms with Gasteiger partial charge in [0.1, 0.15) is 5.82 Å². The summed E-state index contributed by atoms with van der Waals surface area (Å²) in [5.74, 6) is 0.580. The maximum absolute atomic E-state index is 13.6. The molecule has 1 fully saturated rings. The Balaban J connectivity index is 1.39. The van der Waals surface area contributed by atoms with Crippen LogP contribution in [-0.2, 0) is 0 Å². The highest BCUT2D eigenvalue weighted by Gasteiger charge is 2.29. The van der Waals surface area contributed by atoms with Crippen LogP contribution in [0.4, 0.5) is 4.39 Å². The number of aromatic nitrogens is 4. The second-order valence-corrected chi connectivity index (χ2v) is 7.62. The zero-order chi connectivity index (χ0) is 20.7. The van der Waals surface area contributed by atoms with Crippen molar-refractivity contribution in [2.45, 2.75) is 25.7 Å². The standard InChI is InChI=1S/C22H20FN5O2/c1-14-10-19(30-26-14)22(29)27-9-3-5-17(12-27)21-24-20-8-7-16(13-28(20)25-21)15-4-2-6-18(23)11-15/h2,4,6-8,10-11,13,17H,3,5,9,12H2,1H3/t17-/m0/s1. The summed E-state index contributed by atoms with van der Waals surface area (Å²) in [6, 6.07) is 11.9. The van der Waals surface area contributed by atoms with E-state index in [0.717, 1.165) is 29.6 Å². The van der Waals surface area contributed by atoms with Gasteiger partial charge in [-0.3, -0.25) is 4.79 Å². The van der Waals surface area contributed by atoms with E-state index in [4.69, 9.17) is 4.52 Å². The fourth-order valence-corrected chi connectivity index (χ4v) is 3.90. The van der Waals surface area contributed by atoms with E-state index in [1.807, 2.05) is 24.4 Å². The fourth-order valence-electron chi connectivity index (χ4n) is 3.90. The lowest BCUT2D eigenvalue weighted by molar-refractivity contribution is 0.0662. The van der Waals surface area contributed by atoms with Gasteiger partial charge in [0.15, 0.2) is 11.5 Å². The number of fused-ring (bicyclic) bond motifs is 1. The number of nitrogens with zero attached hydrogens (tertiary/aromatic N) is 5. The molecular formula is C22H20FN5O2. The largest absolute Gasteiger partial charge is 0.351 e. The van der Waals surface area contributed by atoms with Crippen molar-refractivity contribution in [3.05, 3.63) is 71.8 Å². The van der Waals surface area contributed by atoms with Crippen LogP contribution in [0.2, 0.25) is 0 Å². The van der Waals surface area contributed by atoms with Gasteiger partial charge in [-0.05, 0) is 49.6 Å². The van der Waals surface area contributed by atoms with Gasteiger partial charge in [-0.25, -0.2) is 13.9 Å². The van der Waals surface area contributed by atoms with Crippen molar-refractivity contribution < 1.29 is 13.7 Å². The molecule has 3 aromatic heterocycles. The molecule has 0 bridgehead atoms. The third kappa shape index (κ3) is 3.45. The predicted octanol–water partition coefficient (Wildman–Crippen LogP) is 3.85. The van der Waals surface area contributed by atoms with E-state index in [1.54, 1.807) is 28.5 Å². The van der Waals surface area contributed by atoms with Crippen molar-refractivity contribution in [1.29, 1.82) is 0 Å². The summed E-state index contributed by atoms with van der Waals surface area (Å²) in [6.45, 7) is 3.00. The van der Waals surface area contributed by atoms with E-state index in [9.17, 15) is 9.18 Å². The molecule has 0 radical (unpaired) electrons. The van der Waals surface area contributed by atoms with Gasteiger partial charge in [-0.2, -0.15) is 5.10 Å². The molecule has 0 aliphatic carbocycles. The van der Waals surface area contributed by atoms with E-state index < -0.39 is 0 Å². The Hall–Kier alpha value is -3.55. The molecule has 1 amide bonds. The summed E-state index contributed by atoms with van der Waals surface area (Å²) in [4.78, 5) is 19.1. The number of likely N-dealkylation sites (tertiary alicyclic amines) is 1. The second-order valence-electron chi connectivity index (χ2n) is 7.62. The Morgan fingerprint density at radius 2 is 2.10 bits per heavy atom. The van der Waals surface area contributed by atoms with Gasteiger partial charge in [-0.1, -0.05) is 17.3 Å². The molecule has 7 nitrogen and oxygen atoms in total. The van der Waals surface area contributed by atoms with Gasteiger partial charge < -0.3 is 9.42 Å². The second kappa shape index (κ2) is 7.37. The van der Waals surface area contributed by atoms with Crippen molar-refractivity contribution >= 4 is 11.6 Å². The molecule has 0 N–H and O–H groups in total. The molecule has 0 spiro atoms. The number of rotatable bonds is 3. The quantitative estimate of drug-likeness (QED) is 0.517. The van der Waals surface area contributed by atoms with E-state index in [0.29, 0.717) is 24.6 Å². The zero-order valence-electron chi connectivity index (χ0n) is 16.5. The third-order valence-corrected chi connectivity index (χ3v) is 5.42. The number of pyridine rings is 1. The zero-order valence-corrected chi connectivity index (χ0v) is 16.5. The Labute approximate surface area is 172 Å². The molecule has 4 aromatic rings. The highest BCUT2D eigenvalue weighted by Crippen LogP contribution is 2.27. The number of benzene rings is 1. The molecule has 1 atom stereocenters. The van der Waals surface area contributed by atoms with Gasteiger partial charge in [0.05, 0.1) is 5.69 Å². The summed E-state index contributed by atoms with van der Waals surface area (Å²) >= 11 is 0. The number of carbonyl (C=O) groups is 1. The minimum atomic E-state index is -0.277. The number of halogens is 1. The number of carbonyl (C=O) groups excluding carboxylic acids is 1. The topological polar surface area (TPSA) is 76.5 Å². The van der Waals surface area contributed by atoms with Gasteiger partial charge in [0, 0.05) is 36.8 Å². The van der Waals surface area contributed by atoms with Crippen LogP contribution in [0.25, 0.3) is 16.8 Å². The lowest BCUT2D eigenvalue weighted by atomic mass is 9.97. The lowest BCUT2D eigenvalue weighted by Gasteiger charge is -2.30. The van der Waals surface area contributed by atoms with E-state index in [1.165, 1.54) is 12.1 Å². The van der Waals surface area contributed by atoms with Crippen molar-refractivity contribution in [3.8, 4) is 11.1 Å². The lowest BCUT2D eigenvalue weighted by Crippen LogP contribution is -2.39. The molecule has 8 heteroatoms. The molecule has 4 heterocycles. The summed E-state index contributed by atoms with van der Waals surface area (Å²) in [6.07, 6.45) is 3.63. The van der Waals surface area contributed by atoms with Crippen LogP contribution in [0, 0.1) is 12.7 Å². The van der Waals surface area contributed by atoms with Gasteiger partial charge in [-0.15, -0.1) is 0 Å². The van der Waals surface area contributed by atoms with Crippen LogP contribution < -0.4 is 0 Å². The van der Waals surface area contributed by atoms with E-state index >= 15 is 0 Å². The molecule has 1 aromatic carbocycles.